The smallest absolute Gasteiger partial charge is 0.306 e. The number of unbranched alkanes of at least 4 members (excludes halogenated alkanes) is 21. The van der Waals surface area contributed by atoms with Crippen LogP contribution in [-0.2, 0) is 19.1 Å². The molecule has 0 bridgehead atoms. The van der Waals surface area contributed by atoms with Gasteiger partial charge in [-0.05, 0) is 116 Å². The monoisotopic (exact) mass is 845 g/mol. The summed E-state index contributed by atoms with van der Waals surface area (Å²) in [6.45, 7) is 14.6. The van der Waals surface area contributed by atoms with Gasteiger partial charge in [-0.1, -0.05) is 193 Å². The Labute approximate surface area is 375 Å². The van der Waals surface area contributed by atoms with E-state index in [1.165, 1.54) is 199 Å². The molecule has 6 nitrogen and oxygen atoms in total. The molecule has 0 saturated heterocycles. The molecule has 0 aliphatic carbocycles. The quantitative estimate of drug-likeness (QED) is 0.0345. The molecule has 0 spiro atoms. The van der Waals surface area contributed by atoms with Crippen molar-refractivity contribution in [1.29, 1.82) is 0 Å². The lowest BCUT2D eigenvalue weighted by Gasteiger charge is -2.23. The van der Waals surface area contributed by atoms with Crippen LogP contribution in [0.3, 0.4) is 0 Å². The Kier molecular flexibility index (Phi) is 45.5. The zero-order chi connectivity index (χ0) is 44.0. The van der Waals surface area contributed by atoms with E-state index in [0.717, 1.165) is 32.2 Å². The second kappa shape index (κ2) is 46.8. The molecule has 0 aromatic heterocycles. The molecule has 0 aliphatic heterocycles. The van der Waals surface area contributed by atoms with Crippen molar-refractivity contribution >= 4 is 11.9 Å². The van der Waals surface area contributed by atoms with Crippen molar-refractivity contribution in [2.24, 2.45) is 11.8 Å². The summed E-state index contributed by atoms with van der Waals surface area (Å²) in [6.07, 6.45) is 50.0. The van der Waals surface area contributed by atoms with Crippen molar-refractivity contribution in [1.82, 2.24) is 9.80 Å². The number of rotatable bonds is 47. The average molecular weight is 845 g/mol. The zero-order valence-electron chi connectivity index (χ0n) is 41.3. The Morgan fingerprint density at radius 2 is 0.700 bits per heavy atom. The van der Waals surface area contributed by atoms with Crippen LogP contribution in [0.2, 0.25) is 0 Å². The molecule has 0 aromatic rings. The van der Waals surface area contributed by atoms with Crippen molar-refractivity contribution < 1.29 is 19.1 Å². The van der Waals surface area contributed by atoms with Crippen LogP contribution in [0.4, 0.5) is 0 Å². The lowest BCUT2D eigenvalue weighted by atomic mass is 9.94. The standard InChI is InChI=1S/C54H104N2O4/c1-7-11-15-25-37-51(38-26-16-12-8-2)41-35-49-59-53(57)43-29-21-19-23-31-46-56(48-34-33-45-55(5)6)47-32-24-20-22-30-44-54(58)60-50-36-42-52(39-27-17-13-9-3)40-28-18-14-10-4/h35-36,41-42,51-52H,7-34,37-40,43-50H2,1-6H3. The number of allylic oxidation sites excluding steroid dienone is 2. The molecular weight excluding hydrogens is 741 g/mol. The zero-order valence-corrected chi connectivity index (χ0v) is 41.3. The summed E-state index contributed by atoms with van der Waals surface area (Å²) in [6, 6.07) is 0. The van der Waals surface area contributed by atoms with Gasteiger partial charge in [0, 0.05) is 12.8 Å². The molecule has 6 heteroatoms. The van der Waals surface area contributed by atoms with Crippen LogP contribution < -0.4 is 0 Å². The SMILES string of the molecule is CCCCCCC(C=CCOC(=O)CCCCCCCN(CCCCCCCC(=O)OCC=CC(CCCCCC)CCCCCC)CCCCN(C)C)CCCCCC. The van der Waals surface area contributed by atoms with Gasteiger partial charge in [0.25, 0.3) is 0 Å². The van der Waals surface area contributed by atoms with Crippen molar-refractivity contribution in [3.8, 4) is 0 Å². The number of ether oxygens (including phenoxy) is 2. The van der Waals surface area contributed by atoms with Gasteiger partial charge in [-0.15, -0.1) is 0 Å². The van der Waals surface area contributed by atoms with E-state index in [1.54, 1.807) is 0 Å². The summed E-state index contributed by atoms with van der Waals surface area (Å²) in [5, 5.41) is 0. The normalized spacial score (nSPS) is 12.1. The molecule has 0 aliphatic rings. The summed E-state index contributed by atoms with van der Waals surface area (Å²) >= 11 is 0. The van der Waals surface area contributed by atoms with E-state index < -0.39 is 0 Å². The van der Waals surface area contributed by atoms with Crippen molar-refractivity contribution in [2.75, 3.05) is 53.5 Å². The number of hydrogen-bond acceptors (Lipinski definition) is 6. The Hall–Kier alpha value is -1.66. The van der Waals surface area contributed by atoms with Crippen molar-refractivity contribution in [2.45, 2.75) is 246 Å². The minimum Gasteiger partial charge on any atom is -0.461 e. The first kappa shape index (κ1) is 58.3. The molecule has 354 valence electrons. The molecule has 0 radical (unpaired) electrons. The van der Waals surface area contributed by atoms with E-state index in [4.69, 9.17) is 9.47 Å². The third-order valence-electron chi connectivity index (χ3n) is 12.3. The van der Waals surface area contributed by atoms with Gasteiger partial charge in [-0.25, -0.2) is 0 Å². The van der Waals surface area contributed by atoms with Gasteiger partial charge in [-0.2, -0.15) is 0 Å². The molecule has 0 amide bonds. The maximum Gasteiger partial charge on any atom is 0.306 e. The van der Waals surface area contributed by atoms with E-state index in [1.807, 2.05) is 0 Å². The van der Waals surface area contributed by atoms with Gasteiger partial charge < -0.3 is 19.3 Å². The van der Waals surface area contributed by atoms with E-state index in [-0.39, 0.29) is 11.9 Å². The van der Waals surface area contributed by atoms with Crippen LogP contribution in [0.25, 0.3) is 0 Å². The summed E-state index contributed by atoms with van der Waals surface area (Å²) in [5.41, 5.74) is 0. The molecule has 0 N–H and O–H groups in total. The van der Waals surface area contributed by atoms with Crippen molar-refractivity contribution in [3.63, 3.8) is 0 Å². The lowest BCUT2D eigenvalue weighted by Crippen LogP contribution is -2.28. The second-order valence-corrected chi connectivity index (χ2v) is 18.5. The van der Waals surface area contributed by atoms with Crippen molar-refractivity contribution in [3.05, 3.63) is 24.3 Å². The fourth-order valence-corrected chi connectivity index (χ4v) is 8.30. The van der Waals surface area contributed by atoms with Gasteiger partial charge in [-0.3, -0.25) is 9.59 Å². The van der Waals surface area contributed by atoms with E-state index in [9.17, 15) is 9.59 Å². The first-order valence-electron chi connectivity index (χ1n) is 26.4. The first-order valence-corrected chi connectivity index (χ1v) is 26.4. The molecule has 60 heavy (non-hydrogen) atoms. The van der Waals surface area contributed by atoms with E-state index in [0.29, 0.717) is 37.9 Å². The fourth-order valence-electron chi connectivity index (χ4n) is 8.30. The van der Waals surface area contributed by atoms with Crippen LogP contribution in [0.5, 0.6) is 0 Å². The van der Waals surface area contributed by atoms with E-state index in [2.05, 4.69) is 75.9 Å². The summed E-state index contributed by atoms with van der Waals surface area (Å²) < 4.78 is 11.1. The topological polar surface area (TPSA) is 59.1 Å². The minimum absolute atomic E-state index is 0.0428. The number of carbonyl (C=O) groups is 2. The van der Waals surface area contributed by atoms with Gasteiger partial charge in [0.2, 0.25) is 0 Å². The highest BCUT2D eigenvalue weighted by Crippen LogP contribution is 2.21. The largest absolute Gasteiger partial charge is 0.461 e. The Morgan fingerprint density at radius 1 is 0.400 bits per heavy atom. The Morgan fingerprint density at radius 3 is 1.05 bits per heavy atom. The number of hydrogen-bond donors (Lipinski definition) is 0. The predicted molar refractivity (Wildman–Crippen MR) is 262 cm³/mol. The average Bonchev–Trinajstić information content (AvgIpc) is 3.24. The van der Waals surface area contributed by atoms with Gasteiger partial charge in [0.15, 0.2) is 0 Å². The summed E-state index contributed by atoms with van der Waals surface area (Å²) in [4.78, 5) is 29.8. The Bertz CT molecular complexity index is 873. The molecule has 0 aromatic carbocycles. The molecule has 0 heterocycles. The maximum absolute atomic E-state index is 12.4. The molecule has 0 atom stereocenters. The van der Waals surface area contributed by atoms with Crippen LogP contribution in [-0.4, -0.2) is 75.2 Å². The van der Waals surface area contributed by atoms with Crippen LogP contribution in [0.15, 0.2) is 24.3 Å². The highest BCUT2D eigenvalue weighted by molar-refractivity contribution is 5.69. The third-order valence-corrected chi connectivity index (χ3v) is 12.3. The second-order valence-electron chi connectivity index (χ2n) is 18.5. The predicted octanol–water partition coefficient (Wildman–Crippen LogP) is 15.6. The fraction of sp³-hybridized carbons (Fsp3) is 0.889. The summed E-state index contributed by atoms with van der Waals surface area (Å²) in [7, 11) is 4.33. The molecular formula is C54H104N2O4. The third kappa shape index (κ3) is 43.0. The minimum atomic E-state index is -0.0428. The first-order chi connectivity index (χ1) is 29.4. The maximum atomic E-state index is 12.4. The highest BCUT2D eigenvalue weighted by Gasteiger charge is 2.09. The molecule has 0 fully saturated rings. The van der Waals surface area contributed by atoms with Crippen LogP contribution >= 0.6 is 0 Å². The number of nitrogens with zero attached hydrogens (tertiary/aromatic N) is 2. The molecule has 0 unspecified atom stereocenters. The molecule has 0 rings (SSSR count). The Balaban J connectivity index is 4.29. The van der Waals surface area contributed by atoms with Gasteiger partial charge in [0.1, 0.15) is 13.2 Å². The number of esters is 2. The van der Waals surface area contributed by atoms with Gasteiger partial charge >= 0.3 is 11.9 Å². The van der Waals surface area contributed by atoms with Crippen LogP contribution in [0, 0.1) is 11.8 Å². The van der Waals surface area contributed by atoms with Crippen LogP contribution in [0.1, 0.15) is 246 Å². The number of carbonyl (C=O) groups excluding carboxylic acids is 2. The lowest BCUT2D eigenvalue weighted by molar-refractivity contribution is -0.143. The molecule has 0 saturated carbocycles. The highest BCUT2D eigenvalue weighted by atomic mass is 16.5. The van der Waals surface area contributed by atoms with Gasteiger partial charge in [0.05, 0.1) is 0 Å². The van der Waals surface area contributed by atoms with E-state index >= 15 is 0 Å². The summed E-state index contributed by atoms with van der Waals surface area (Å²) in [5.74, 6) is 1.18.